The molecule has 4 N–H and O–H groups in total. The third kappa shape index (κ3) is 2.49. The van der Waals surface area contributed by atoms with Gasteiger partial charge in [0.05, 0.1) is 11.8 Å². The van der Waals surface area contributed by atoms with E-state index in [1.54, 1.807) is 26.2 Å². The summed E-state index contributed by atoms with van der Waals surface area (Å²) < 4.78 is 0. The lowest BCUT2D eigenvalue weighted by atomic mass is 10.1. The van der Waals surface area contributed by atoms with Crippen molar-refractivity contribution in [2.75, 3.05) is 0 Å². The minimum Gasteiger partial charge on any atom is -0.477 e. The van der Waals surface area contributed by atoms with Gasteiger partial charge in [-0.1, -0.05) is 0 Å². The average Bonchev–Trinajstić information content (AvgIpc) is 2.94. The zero-order valence-electron chi connectivity index (χ0n) is 10.6. The quantitative estimate of drug-likeness (QED) is 0.658. The second-order valence-corrected chi connectivity index (χ2v) is 4.22. The van der Waals surface area contributed by atoms with Crippen molar-refractivity contribution in [3.63, 3.8) is 0 Å². The summed E-state index contributed by atoms with van der Waals surface area (Å²) in [5, 5.41) is 18.1. The van der Waals surface area contributed by atoms with Crippen molar-refractivity contribution in [2.24, 2.45) is 0 Å². The minimum absolute atomic E-state index is 0.0472. The fourth-order valence-corrected chi connectivity index (χ4v) is 1.95. The van der Waals surface area contributed by atoms with Crippen molar-refractivity contribution >= 4 is 11.9 Å². The fourth-order valence-electron chi connectivity index (χ4n) is 1.95. The van der Waals surface area contributed by atoms with Crippen LogP contribution >= 0.6 is 0 Å². The van der Waals surface area contributed by atoms with E-state index >= 15 is 0 Å². The Labute approximate surface area is 109 Å². The number of nitrogens with zero attached hydrogens (tertiary/aromatic N) is 1. The molecular weight excluding hydrogens is 248 g/mol. The van der Waals surface area contributed by atoms with Crippen LogP contribution in [-0.2, 0) is 6.54 Å². The molecule has 0 bridgehead atoms. The number of aromatic amines is 2. The Balaban J connectivity index is 2.17. The number of carbonyl (C=O) groups is 2. The predicted molar refractivity (Wildman–Crippen MR) is 67.0 cm³/mol. The highest BCUT2D eigenvalue weighted by Crippen LogP contribution is 2.17. The molecule has 2 aromatic heterocycles. The van der Waals surface area contributed by atoms with Gasteiger partial charge >= 0.3 is 5.97 Å². The molecule has 0 atom stereocenters. The lowest BCUT2D eigenvalue weighted by Gasteiger charge is -2.04. The first-order valence-electron chi connectivity index (χ1n) is 5.69. The van der Waals surface area contributed by atoms with Crippen molar-refractivity contribution < 1.29 is 14.7 Å². The van der Waals surface area contributed by atoms with E-state index in [-0.39, 0.29) is 11.6 Å². The highest BCUT2D eigenvalue weighted by molar-refractivity contribution is 6.00. The van der Waals surface area contributed by atoms with Gasteiger partial charge in [-0.3, -0.25) is 9.89 Å². The first-order valence-corrected chi connectivity index (χ1v) is 5.69. The molecule has 1 amide bonds. The predicted octanol–water partition coefficient (Wildman–Crippen LogP) is 0.983. The number of rotatable bonds is 4. The summed E-state index contributed by atoms with van der Waals surface area (Å²) in [4.78, 5) is 25.7. The molecule has 2 rings (SSSR count). The summed E-state index contributed by atoms with van der Waals surface area (Å²) in [7, 11) is 0. The number of aryl methyl sites for hydroxylation is 1. The number of hydrogen-bond donors (Lipinski definition) is 4. The van der Waals surface area contributed by atoms with E-state index in [1.165, 1.54) is 0 Å². The molecule has 100 valence electrons. The van der Waals surface area contributed by atoms with E-state index in [0.29, 0.717) is 23.4 Å². The van der Waals surface area contributed by atoms with Crippen molar-refractivity contribution in [3.05, 3.63) is 40.5 Å². The maximum atomic E-state index is 12.1. The molecule has 0 fully saturated rings. The Morgan fingerprint density at radius 2 is 2.16 bits per heavy atom. The zero-order valence-corrected chi connectivity index (χ0v) is 10.6. The SMILES string of the molecule is Cc1[nH]c(C(=O)O)c(C)c1C(=O)NCc1cn[nH]c1. The van der Waals surface area contributed by atoms with Crippen molar-refractivity contribution in [1.82, 2.24) is 20.5 Å². The van der Waals surface area contributed by atoms with Crippen LogP contribution in [0.1, 0.15) is 37.7 Å². The van der Waals surface area contributed by atoms with Crippen LogP contribution in [-0.4, -0.2) is 32.2 Å². The largest absolute Gasteiger partial charge is 0.477 e. The number of amides is 1. The monoisotopic (exact) mass is 262 g/mol. The van der Waals surface area contributed by atoms with Crippen LogP contribution in [0.25, 0.3) is 0 Å². The summed E-state index contributed by atoms with van der Waals surface area (Å²) >= 11 is 0. The Hall–Kier alpha value is -2.57. The molecule has 0 aromatic carbocycles. The number of H-pyrrole nitrogens is 2. The van der Waals surface area contributed by atoms with E-state index in [4.69, 9.17) is 5.11 Å². The molecule has 19 heavy (non-hydrogen) atoms. The van der Waals surface area contributed by atoms with Crippen LogP contribution in [0.4, 0.5) is 0 Å². The zero-order chi connectivity index (χ0) is 14.0. The lowest BCUT2D eigenvalue weighted by Crippen LogP contribution is -2.23. The first kappa shape index (κ1) is 12.9. The molecule has 0 saturated heterocycles. The molecular formula is C12H14N4O3. The molecule has 2 heterocycles. The molecule has 0 radical (unpaired) electrons. The van der Waals surface area contributed by atoms with Gasteiger partial charge in [0.2, 0.25) is 0 Å². The van der Waals surface area contributed by atoms with Crippen molar-refractivity contribution in [2.45, 2.75) is 20.4 Å². The van der Waals surface area contributed by atoms with Gasteiger partial charge in [-0.05, 0) is 19.4 Å². The number of carboxylic acid groups (broad SMARTS) is 1. The van der Waals surface area contributed by atoms with Gasteiger partial charge in [0.15, 0.2) is 0 Å². The fraction of sp³-hybridized carbons (Fsp3) is 0.250. The number of carboxylic acids is 1. The molecule has 0 spiro atoms. The molecule has 7 heteroatoms. The van der Waals surface area contributed by atoms with Gasteiger partial charge in [-0.2, -0.15) is 5.10 Å². The van der Waals surface area contributed by atoms with E-state index in [1.807, 2.05) is 0 Å². The Morgan fingerprint density at radius 1 is 1.42 bits per heavy atom. The minimum atomic E-state index is -1.07. The summed E-state index contributed by atoms with van der Waals surface area (Å²) in [6, 6.07) is 0. The summed E-state index contributed by atoms with van der Waals surface area (Å²) in [6.07, 6.45) is 3.29. The molecule has 0 saturated carbocycles. The van der Waals surface area contributed by atoms with E-state index in [0.717, 1.165) is 5.56 Å². The van der Waals surface area contributed by atoms with Crippen molar-refractivity contribution in [1.29, 1.82) is 0 Å². The van der Waals surface area contributed by atoms with Gasteiger partial charge in [-0.25, -0.2) is 4.79 Å². The van der Waals surface area contributed by atoms with Gasteiger partial charge in [0.25, 0.3) is 5.91 Å². The van der Waals surface area contributed by atoms with Gasteiger partial charge in [0.1, 0.15) is 5.69 Å². The standard InChI is InChI=1S/C12H14N4O3/c1-6-9(7(2)16-10(6)12(18)19)11(17)13-3-8-4-14-15-5-8/h4-5,16H,3H2,1-2H3,(H,13,17)(H,14,15)(H,18,19). The summed E-state index contributed by atoms with van der Waals surface area (Å²) in [6.45, 7) is 3.62. The Kier molecular flexibility index (Phi) is 3.37. The highest BCUT2D eigenvalue weighted by Gasteiger charge is 2.21. The summed E-state index contributed by atoms with van der Waals surface area (Å²) in [5.41, 5.74) is 2.25. The van der Waals surface area contributed by atoms with Crippen LogP contribution in [0.2, 0.25) is 0 Å². The van der Waals surface area contributed by atoms with Gasteiger partial charge in [0, 0.05) is 24.0 Å². The van der Waals surface area contributed by atoms with Crippen LogP contribution < -0.4 is 5.32 Å². The van der Waals surface area contributed by atoms with E-state index < -0.39 is 5.97 Å². The Bertz CT molecular complexity index is 613. The third-order valence-corrected chi connectivity index (χ3v) is 2.89. The lowest BCUT2D eigenvalue weighted by molar-refractivity contribution is 0.0690. The molecule has 0 aliphatic heterocycles. The van der Waals surface area contributed by atoms with E-state index in [9.17, 15) is 9.59 Å². The molecule has 0 aliphatic carbocycles. The van der Waals surface area contributed by atoms with Crippen LogP contribution in [0, 0.1) is 13.8 Å². The van der Waals surface area contributed by atoms with Crippen LogP contribution in [0.3, 0.4) is 0 Å². The smallest absolute Gasteiger partial charge is 0.352 e. The number of nitrogens with one attached hydrogen (secondary N) is 3. The number of carbonyl (C=O) groups excluding carboxylic acids is 1. The van der Waals surface area contributed by atoms with Crippen LogP contribution in [0.15, 0.2) is 12.4 Å². The van der Waals surface area contributed by atoms with Crippen molar-refractivity contribution in [3.8, 4) is 0 Å². The highest BCUT2D eigenvalue weighted by atomic mass is 16.4. The molecule has 0 aliphatic rings. The van der Waals surface area contributed by atoms with Crippen LogP contribution in [0.5, 0.6) is 0 Å². The van der Waals surface area contributed by atoms with Gasteiger partial charge in [-0.15, -0.1) is 0 Å². The number of hydrogen-bond acceptors (Lipinski definition) is 3. The summed E-state index contributed by atoms with van der Waals surface area (Å²) in [5.74, 6) is -1.38. The Morgan fingerprint density at radius 3 is 2.68 bits per heavy atom. The van der Waals surface area contributed by atoms with Gasteiger partial charge < -0.3 is 15.4 Å². The topological polar surface area (TPSA) is 111 Å². The molecule has 0 unspecified atom stereocenters. The molecule has 2 aromatic rings. The average molecular weight is 262 g/mol. The third-order valence-electron chi connectivity index (χ3n) is 2.89. The van der Waals surface area contributed by atoms with E-state index in [2.05, 4.69) is 20.5 Å². The normalized spacial score (nSPS) is 10.4. The second-order valence-electron chi connectivity index (χ2n) is 4.22. The molecule has 7 nitrogen and oxygen atoms in total. The maximum absolute atomic E-state index is 12.1. The second kappa shape index (κ2) is 4.97. The first-order chi connectivity index (χ1) is 9.00. The maximum Gasteiger partial charge on any atom is 0.352 e. The number of aromatic nitrogens is 3. The number of aromatic carboxylic acids is 1.